The topological polar surface area (TPSA) is 54.0 Å². The second-order valence-corrected chi connectivity index (χ2v) is 6.77. The highest BCUT2D eigenvalue weighted by molar-refractivity contribution is 7.10. The van der Waals surface area contributed by atoms with Gasteiger partial charge in [-0.3, -0.25) is 0 Å². The van der Waals surface area contributed by atoms with Gasteiger partial charge >= 0.3 is 6.03 Å². The third-order valence-electron chi connectivity index (χ3n) is 3.95. The quantitative estimate of drug-likeness (QED) is 0.786. The zero-order valence-corrected chi connectivity index (χ0v) is 13.1. The molecule has 4 nitrogen and oxygen atoms in total. The Kier molecular flexibility index (Phi) is 3.10. The molecule has 1 unspecified atom stereocenters. The molecule has 0 bridgehead atoms. The van der Waals surface area contributed by atoms with Crippen LogP contribution in [0.25, 0.3) is 0 Å². The first-order valence-corrected chi connectivity index (χ1v) is 8.25. The van der Waals surface area contributed by atoms with Crippen LogP contribution in [0.3, 0.4) is 0 Å². The summed E-state index contributed by atoms with van der Waals surface area (Å²) in [6.45, 7) is 0. The fraction of sp³-hybridized carbons (Fsp3) is 0.250. The monoisotopic (exact) mass is 329 g/mol. The van der Waals surface area contributed by atoms with Crippen LogP contribution in [-0.4, -0.2) is 11.0 Å². The molecule has 2 N–H and O–H groups in total. The number of nitrogens with one attached hydrogen (secondary N) is 2. The third-order valence-corrected chi connectivity index (χ3v) is 4.88. The minimum Gasteiger partial charge on any atom is -0.317 e. The Labute approximate surface area is 136 Å². The normalized spacial score (nSPS) is 22.9. The smallest absolute Gasteiger partial charge is 0.317 e. The molecule has 2 heterocycles. The lowest BCUT2D eigenvalue weighted by Gasteiger charge is -2.36. The van der Waals surface area contributed by atoms with E-state index in [2.05, 4.69) is 27.5 Å². The number of carbonyl (C=O) groups excluding carboxylic acids is 1. The number of nitrogens with zero attached hydrogens (tertiary/aromatic N) is 1. The minimum atomic E-state index is -0.686. The standard InChI is InChI=1S/C16H12ClN3OS/c17-11-3-4-13-12(9-11)16(10-1-2-10,20-15(21)19-13)6-5-14-18-7-8-22-14/h3-4,7-10H,1-2H2,(H2,19,20,21). The van der Waals surface area contributed by atoms with Gasteiger partial charge in [0.05, 0.1) is 0 Å². The highest BCUT2D eigenvalue weighted by Gasteiger charge is 2.50. The Balaban J connectivity index is 1.88. The summed E-state index contributed by atoms with van der Waals surface area (Å²) in [5.74, 6) is 6.70. The lowest BCUT2D eigenvalue weighted by Crippen LogP contribution is -2.52. The van der Waals surface area contributed by atoms with E-state index < -0.39 is 5.54 Å². The molecule has 1 aliphatic heterocycles. The van der Waals surface area contributed by atoms with Crippen LogP contribution in [0.1, 0.15) is 23.4 Å². The molecule has 2 amide bonds. The van der Waals surface area contributed by atoms with Gasteiger partial charge in [-0.25, -0.2) is 9.78 Å². The fourth-order valence-corrected chi connectivity index (χ4v) is 3.48. The fourth-order valence-electron chi connectivity index (χ4n) is 2.83. The molecule has 1 aliphatic carbocycles. The maximum atomic E-state index is 12.1. The van der Waals surface area contributed by atoms with E-state index in [1.807, 2.05) is 17.5 Å². The van der Waals surface area contributed by atoms with Crippen LogP contribution < -0.4 is 10.6 Å². The first kappa shape index (κ1) is 13.6. The molecule has 0 spiro atoms. The summed E-state index contributed by atoms with van der Waals surface area (Å²) in [5.41, 5.74) is 1.02. The number of amides is 2. The predicted octanol–water partition coefficient (Wildman–Crippen LogP) is 3.59. The highest BCUT2D eigenvalue weighted by Crippen LogP contribution is 2.49. The second-order valence-electron chi connectivity index (χ2n) is 5.44. The van der Waals surface area contributed by atoms with Gasteiger partial charge in [-0.15, -0.1) is 11.3 Å². The molecule has 1 atom stereocenters. The second kappa shape index (κ2) is 5.01. The number of halogens is 1. The molecule has 1 saturated carbocycles. The largest absolute Gasteiger partial charge is 0.320 e. The molecule has 110 valence electrons. The van der Waals surface area contributed by atoms with Crippen LogP contribution in [0, 0.1) is 17.8 Å². The average molecular weight is 330 g/mol. The van der Waals surface area contributed by atoms with Crippen LogP contribution in [0.2, 0.25) is 5.02 Å². The van der Waals surface area contributed by atoms with Gasteiger partial charge < -0.3 is 10.6 Å². The van der Waals surface area contributed by atoms with Crippen LogP contribution in [-0.2, 0) is 5.54 Å². The number of hydrogen-bond acceptors (Lipinski definition) is 3. The summed E-state index contributed by atoms with van der Waals surface area (Å²) in [5, 5.41) is 9.13. The lowest BCUT2D eigenvalue weighted by atomic mass is 9.83. The molecule has 2 aromatic rings. The van der Waals surface area contributed by atoms with Crippen molar-refractivity contribution >= 4 is 34.7 Å². The predicted molar refractivity (Wildman–Crippen MR) is 87.0 cm³/mol. The number of anilines is 1. The molecule has 2 aliphatic rings. The van der Waals surface area contributed by atoms with Crippen LogP contribution in [0.15, 0.2) is 29.8 Å². The molecule has 4 rings (SSSR count). The number of urea groups is 1. The van der Waals surface area contributed by atoms with E-state index in [1.54, 1.807) is 12.3 Å². The first-order valence-electron chi connectivity index (χ1n) is 6.99. The van der Waals surface area contributed by atoms with E-state index in [0.717, 1.165) is 29.1 Å². The molecule has 1 aromatic heterocycles. The van der Waals surface area contributed by atoms with Crippen molar-refractivity contribution in [3.05, 3.63) is 45.4 Å². The van der Waals surface area contributed by atoms with Crippen molar-refractivity contribution in [1.29, 1.82) is 0 Å². The molecule has 1 aromatic carbocycles. The Bertz CT molecular complexity index is 805. The number of thiazole rings is 1. The molecule has 22 heavy (non-hydrogen) atoms. The molecule has 0 saturated heterocycles. The van der Waals surface area contributed by atoms with Gasteiger partial charge in [-0.05, 0) is 42.9 Å². The van der Waals surface area contributed by atoms with Crippen molar-refractivity contribution in [2.75, 3.05) is 5.32 Å². The number of fused-ring (bicyclic) bond motifs is 1. The van der Waals surface area contributed by atoms with E-state index in [-0.39, 0.29) is 6.03 Å². The zero-order valence-electron chi connectivity index (χ0n) is 11.5. The van der Waals surface area contributed by atoms with Crippen molar-refractivity contribution in [3.63, 3.8) is 0 Å². The number of benzene rings is 1. The average Bonchev–Trinajstić information content (AvgIpc) is 3.23. The van der Waals surface area contributed by atoms with Crippen molar-refractivity contribution in [1.82, 2.24) is 10.3 Å². The Morgan fingerprint density at radius 2 is 2.27 bits per heavy atom. The molecule has 1 fully saturated rings. The van der Waals surface area contributed by atoms with E-state index in [4.69, 9.17) is 11.6 Å². The molecule has 0 radical (unpaired) electrons. The van der Waals surface area contributed by atoms with Gasteiger partial charge in [0.1, 0.15) is 5.54 Å². The van der Waals surface area contributed by atoms with Gasteiger partial charge in [0.15, 0.2) is 5.01 Å². The number of aromatic nitrogens is 1. The number of hydrogen-bond donors (Lipinski definition) is 2. The SMILES string of the molecule is O=C1Nc2ccc(Cl)cc2C(C#Cc2nccs2)(C2CC2)N1. The first-order chi connectivity index (χ1) is 10.7. The maximum Gasteiger partial charge on any atom is 0.320 e. The van der Waals surface area contributed by atoms with Crippen molar-refractivity contribution in [2.24, 2.45) is 5.92 Å². The maximum absolute atomic E-state index is 12.1. The van der Waals surface area contributed by atoms with E-state index in [1.165, 1.54) is 11.3 Å². The summed E-state index contributed by atoms with van der Waals surface area (Å²) in [6.07, 6.45) is 3.81. The van der Waals surface area contributed by atoms with E-state index in [9.17, 15) is 4.79 Å². The molecular weight excluding hydrogens is 318 g/mol. The molecule has 6 heteroatoms. The summed E-state index contributed by atoms with van der Waals surface area (Å²) >= 11 is 7.65. The molecular formula is C16H12ClN3OS. The Hall–Kier alpha value is -2.03. The van der Waals surface area contributed by atoms with Gasteiger partial charge in [0.2, 0.25) is 0 Å². The lowest BCUT2D eigenvalue weighted by molar-refractivity contribution is 0.238. The van der Waals surface area contributed by atoms with Gasteiger partial charge in [0.25, 0.3) is 0 Å². The van der Waals surface area contributed by atoms with Crippen molar-refractivity contribution in [3.8, 4) is 11.8 Å². The number of rotatable bonds is 1. The van der Waals surface area contributed by atoms with Crippen LogP contribution in [0.4, 0.5) is 10.5 Å². The van der Waals surface area contributed by atoms with E-state index >= 15 is 0 Å². The van der Waals surface area contributed by atoms with Gasteiger partial charge in [0, 0.05) is 27.9 Å². The summed E-state index contributed by atoms with van der Waals surface area (Å²) in [4.78, 5) is 16.3. The third kappa shape index (κ3) is 2.25. The van der Waals surface area contributed by atoms with Gasteiger partial charge in [-0.2, -0.15) is 0 Å². The summed E-state index contributed by atoms with van der Waals surface area (Å²) in [6, 6.07) is 5.27. The summed E-state index contributed by atoms with van der Waals surface area (Å²) in [7, 11) is 0. The van der Waals surface area contributed by atoms with E-state index in [0.29, 0.717) is 10.9 Å². The van der Waals surface area contributed by atoms with Crippen molar-refractivity contribution < 1.29 is 4.79 Å². The number of carbonyl (C=O) groups is 1. The summed E-state index contributed by atoms with van der Waals surface area (Å²) < 4.78 is 0. The van der Waals surface area contributed by atoms with Crippen LogP contribution >= 0.6 is 22.9 Å². The highest BCUT2D eigenvalue weighted by atomic mass is 35.5. The minimum absolute atomic E-state index is 0.227. The van der Waals surface area contributed by atoms with Crippen LogP contribution in [0.5, 0.6) is 0 Å². The van der Waals surface area contributed by atoms with Crippen molar-refractivity contribution in [2.45, 2.75) is 18.4 Å². The van der Waals surface area contributed by atoms with Gasteiger partial charge in [-0.1, -0.05) is 17.5 Å². The Morgan fingerprint density at radius 3 is 3.00 bits per heavy atom. The Morgan fingerprint density at radius 1 is 1.41 bits per heavy atom. The zero-order chi connectivity index (χ0) is 15.2.